The van der Waals surface area contributed by atoms with Crippen LogP contribution in [0.4, 0.5) is 0 Å². The summed E-state index contributed by atoms with van der Waals surface area (Å²) in [6, 6.07) is -0.428. The van der Waals surface area contributed by atoms with Gasteiger partial charge in [-0.05, 0) is 12.3 Å². The largest absolute Gasteiger partial charge is 0.316 e. The lowest BCUT2D eigenvalue weighted by molar-refractivity contribution is 0.376. The Labute approximate surface area is 95.8 Å². The highest BCUT2D eigenvalue weighted by atomic mass is 32.2. The first-order valence-electron chi connectivity index (χ1n) is 5.27. The van der Waals surface area contributed by atoms with Gasteiger partial charge in [0.05, 0.1) is 17.3 Å². The molecule has 0 radical (unpaired) electrons. The summed E-state index contributed by atoms with van der Waals surface area (Å²) in [6.45, 7) is 1.45. The highest BCUT2D eigenvalue weighted by Crippen LogP contribution is 2.13. The molecular weight excluding hydrogens is 252 g/mol. The maximum absolute atomic E-state index is 11.7. The number of sulfone groups is 1. The zero-order chi connectivity index (χ0) is 11.8. The average molecular weight is 268 g/mol. The van der Waals surface area contributed by atoms with Gasteiger partial charge in [0.25, 0.3) is 0 Å². The summed E-state index contributed by atoms with van der Waals surface area (Å²) in [5.41, 5.74) is 0. The van der Waals surface area contributed by atoms with Crippen LogP contribution in [0.3, 0.4) is 0 Å². The van der Waals surface area contributed by atoms with Crippen molar-refractivity contribution in [2.24, 2.45) is 5.92 Å². The van der Waals surface area contributed by atoms with Crippen molar-refractivity contribution in [3.05, 3.63) is 0 Å². The Morgan fingerprint density at radius 1 is 1.31 bits per heavy atom. The Morgan fingerprint density at radius 2 is 2.00 bits per heavy atom. The molecule has 2 fully saturated rings. The molecule has 0 aromatic carbocycles. The van der Waals surface area contributed by atoms with E-state index in [1.807, 2.05) is 0 Å². The fraction of sp³-hybridized carbons (Fsp3) is 1.00. The molecule has 0 spiro atoms. The normalized spacial score (nSPS) is 30.1. The van der Waals surface area contributed by atoms with Crippen molar-refractivity contribution in [2.75, 3.05) is 30.3 Å². The van der Waals surface area contributed by atoms with Crippen molar-refractivity contribution in [3.63, 3.8) is 0 Å². The van der Waals surface area contributed by atoms with Gasteiger partial charge in [-0.3, -0.25) is 0 Å². The van der Waals surface area contributed by atoms with Crippen molar-refractivity contribution < 1.29 is 16.8 Å². The van der Waals surface area contributed by atoms with Gasteiger partial charge in [0, 0.05) is 19.1 Å². The van der Waals surface area contributed by atoms with Gasteiger partial charge in [0.1, 0.15) is 0 Å². The Kier molecular flexibility index (Phi) is 3.26. The van der Waals surface area contributed by atoms with Crippen molar-refractivity contribution in [2.45, 2.75) is 12.5 Å². The second-order valence-electron chi connectivity index (χ2n) is 4.52. The summed E-state index contributed by atoms with van der Waals surface area (Å²) in [7, 11) is -6.36. The lowest BCUT2D eigenvalue weighted by atomic mass is 10.1. The first-order chi connectivity index (χ1) is 7.36. The van der Waals surface area contributed by atoms with E-state index in [1.54, 1.807) is 0 Å². The average Bonchev–Trinajstić information content (AvgIpc) is 2.38. The lowest BCUT2D eigenvalue weighted by Crippen LogP contribution is -2.48. The molecule has 2 heterocycles. The fourth-order valence-corrected chi connectivity index (χ4v) is 5.41. The van der Waals surface area contributed by atoms with E-state index in [2.05, 4.69) is 10.0 Å². The topological polar surface area (TPSA) is 92.3 Å². The van der Waals surface area contributed by atoms with Gasteiger partial charge in [-0.2, -0.15) is 0 Å². The molecule has 0 amide bonds. The van der Waals surface area contributed by atoms with Crippen molar-refractivity contribution in [3.8, 4) is 0 Å². The molecule has 2 aliphatic rings. The zero-order valence-electron chi connectivity index (χ0n) is 8.85. The second-order valence-corrected chi connectivity index (χ2v) is 8.55. The van der Waals surface area contributed by atoms with E-state index in [1.165, 1.54) is 0 Å². The molecular formula is C8H16N2O4S2. The Bertz CT molecular complexity index is 452. The molecule has 0 aliphatic carbocycles. The Morgan fingerprint density at radius 3 is 2.44 bits per heavy atom. The molecule has 94 valence electrons. The molecule has 1 atom stereocenters. The van der Waals surface area contributed by atoms with Crippen LogP contribution in [-0.4, -0.2) is 53.2 Å². The predicted octanol–water partition coefficient (Wildman–Crippen LogP) is -1.69. The monoisotopic (exact) mass is 268 g/mol. The molecule has 0 saturated carbocycles. The van der Waals surface area contributed by atoms with Crippen LogP contribution < -0.4 is 10.0 Å². The van der Waals surface area contributed by atoms with Crippen LogP contribution in [0.2, 0.25) is 0 Å². The molecule has 2 rings (SSSR count). The van der Waals surface area contributed by atoms with Crippen LogP contribution in [0.1, 0.15) is 6.42 Å². The summed E-state index contributed by atoms with van der Waals surface area (Å²) >= 11 is 0. The molecule has 8 heteroatoms. The van der Waals surface area contributed by atoms with Crippen LogP contribution >= 0.6 is 0 Å². The van der Waals surface area contributed by atoms with E-state index in [0.717, 1.165) is 13.1 Å². The van der Waals surface area contributed by atoms with Gasteiger partial charge in [-0.25, -0.2) is 21.6 Å². The second kappa shape index (κ2) is 4.25. The van der Waals surface area contributed by atoms with E-state index in [-0.39, 0.29) is 23.2 Å². The van der Waals surface area contributed by atoms with Crippen molar-refractivity contribution in [1.29, 1.82) is 0 Å². The Balaban J connectivity index is 1.88. The summed E-state index contributed by atoms with van der Waals surface area (Å²) in [6.07, 6.45) is 0.393. The van der Waals surface area contributed by atoms with Gasteiger partial charge >= 0.3 is 0 Å². The Hall–Kier alpha value is -0.180. The van der Waals surface area contributed by atoms with Crippen molar-refractivity contribution >= 4 is 19.9 Å². The van der Waals surface area contributed by atoms with Gasteiger partial charge in [-0.15, -0.1) is 0 Å². The minimum absolute atomic E-state index is 0.0604. The summed E-state index contributed by atoms with van der Waals surface area (Å²) in [5.74, 6) is 0.284. The molecule has 16 heavy (non-hydrogen) atoms. The number of nitrogens with one attached hydrogen (secondary N) is 2. The first-order valence-corrected chi connectivity index (χ1v) is 8.75. The maximum Gasteiger partial charge on any atom is 0.212 e. The molecule has 6 nitrogen and oxygen atoms in total. The third-order valence-electron chi connectivity index (χ3n) is 2.90. The SMILES string of the molecule is O=S1(=O)CCC(NS(=O)(=O)CC2CNC2)C1. The number of hydrogen-bond acceptors (Lipinski definition) is 5. The van der Waals surface area contributed by atoms with Crippen LogP contribution in [0.5, 0.6) is 0 Å². The highest BCUT2D eigenvalue weighted by molar-refractivity contribution is 7.92. The van der Waals surface area contributed by atoms with Gasteiger partial charge in [-0.1, -0.05) is 0 Å². The van der Waals surface area contributed by atoms with Gasteiger partial charge in [0.2, 0.25) is 10.0 Å². The van der Waals surface area contributed by atoms with Crippen LogP contribution in [0.25, 0.3) is 0 Å². The minimum Gasteiger partial charge on any atom is -0.316 e. The van der Waals surface area contributed by atoms with Crippen molar-refractivity contribution in [1.82, 2.24) is 10.0 Å². The van der Waals surface area contributed by atoms with Crippen LogP contribution in [0, 0.1) is 5.92 Å². The molecule has 2 aliphatic heterocycles. The number of sulfonamides is 1. The molecule has 0 bridgehead atoms. The quantitative estimate of drug-likeness (QED) is 0.635. The number of hydrogen-bond donors (Lipinski definition) is 2. The number of rotatable bonds is 4. The zero-order valence-corrected chi connectivity index (χ0v) is 10.5. The van der Waals surface area contributed by atoms with E-state index in [0.29, 0.717) is 6.42 Å². The third-order valence-corrected chi connectivity index (χ3v) is 6.27. The van der Waals surface area contributed by atoms with E-state index < -0.39 is 25.9 Å². The van der Waals surface area contributed by atoms with Crippen LogP contribution in [0.15, 0.2) is 0 Å². The van der Waals surface area contributed by atoms with Crippen LogP contribution in [-0.2, 0) is 19.9 Å². The predicted molar refractivity (Wildman–Crippen MR) is 60.3 cm³/mol. The fourth-order valence-electron chi connectivity index (χ4n) is 1.97. The minimum atomic E-state index is -3.33. The molecule has 1 unspecified atom stereocenters. The molecule has 2 N–H and O–H groups in total. The van der Waals surface area contributed by atoms with Gasteiger partial charge < -0.3 is 5.32 Å². The summed E-state index contributed by atoms with van der Waals surface area (Å²) < 4.78 is 48.2. The van der Waals surface area contributed by atoms with E-state index in [9.17, 15) is 16.8 Å². The maximum atomic E-state index is 11.7. The summed E-state index contributed by atoms with van der Waals surface area (Å²) in [4.78, 5) is 0. The molecule has 0 aromatic heterocycles. The highest BCUT2D eigenvalue weighted by Gasteiger charge is 2.32. The smallest absolute Gasteiger partial charge is 0.212 e. The third kappa shape index (κ3) is 3.16. The lowest BCUT2D eigenvalue weighted by Gasteiger charge is -2.27. The molecule has 0 aromatic rings. The summed E-state index contributed by atoms with van der Waals surface area (Å²) in [5, 5.41) is 3.00. The van der Waals surface area contributed by atoms with E-state index in [4.69, 9.17) is 0 Å². The standard InChI is InChI=1S/C8H16N2O4S2/c11-15(12)2-1-8(6-15)10-16(13,14)5-7-3-9-4-7/h7-10H,1-6H2. The first kappa shape index (κ1) is 12.3. The van der Waals surface area contributed by atoms with E-state index >= 15 is 0 Å². The van der Waals surface area contributed by atoms with Gasteiger partial charge in [0.15, 0.2) is 9.84 Å². The molecule has 2 saturated heterocycles.